The molecule has 1 atom stereocenters. The van der Waals surface area contributed by atoms with Crippen LogP contribution >= 0.6 is 10.6 Å². The number of anilines is 2. The van der Waals surface area contributed by atoms with Crippen molar-refractivity contribution in [2.75, 3.05) is 36.2 Å². The van der Waals surface area contributed by atoms with Crippen molar-refractivity contribution in [2.24, 2.45) is 0 Å². The number of amides is 2. The van der Waals surface area contributed by atoms with Gasteiger partial charge in [0.1, 0.15) is 16.4 Å². The Morgan fingerprint density at radius 1 is 1.27 bits per heavy atom. The SMILES string of the molecule is C[C@H]1COCCN1c1cc(C2(S(C)(O)O)CCC2)nc(-c2ccc(NC(=O)NCc3ncc[nH]3)cc2)n1. The molecule has 2 fully saturated rings. The summed E-state index contributed by atoms with van der Waals surface area (Å²) < 4.78 is 26.4. The highest BCUT2D eigenvalue weighted by molar-refractivity contribution is 8.24. The van der Waals surface area contributed by atoms with E-state index in [9.17, 15) is 13.9 Å². The molecular formula is C25H33N7O4S. The van der Waals surface area contributed by atoms with Gasteiger partial charge >= 0.3 is 6.03 Å². The second-order valence-corrected chi connectivity index (χ2v) is 12.1. The molecule has 198 valence electrons. The van der Waals surface area contributed by atoms with E-state index < -0.39 is 15.3 Å². The topological polar surface area (TPSA) is 149 Å². The number of morpholine rings is 1. The van der Waals surface area contributed by atoms with Crippen LogP contribution in [0.2, 0.25) is 0 Å². The number of urea groups is 1. The average Bonchev–Trinajstić information content (AvgIpc) is 3.35. The summed E-state index contributed by atoms with van der Waals surface area (Å²) in [6, 6.07) is 9.00. The van der Waals surface area contributed by atoms with Crippen molar-refractivity contribution >= 4 is 28.1 Å². The summed E-state index contributed by atoms with van der Waals surface area (Å²) in [5.41, 5.74) is 2.06. The monoisotopic (exact) mass is 527 g/mol. The highest BCUT2D eigenvalue weighted by Gasteiger charge is 2.49. The van der Waals surface area contributed by atoms with Crippen LogP contribution in [0.1, 0.15) is 37.7 Å². The number of carbonyl (C=O) groups excluding carboxylic acids is 1. The zero-order valence-electron chi connectivity index (χ0n) is 21.0. The Balaban J connectivity index is 1.41. The fourth-order valence-corrected chi connectivity index (χ4v) is 6.35. The van der Waals surface area contributed by atoms with Gasteiger partial charge in [0.2, 0.25) is 0 Å². The molecule has 0 radical (unpaired) electrons. The summed E-state index contributed by atoms with van der Waals surface area (Å²) in [7, 11) is -2.88. The van der Waals surface area contributed by atoms with Crippen LogP contribution in [-0.2, 0) is 16.0 Å². The average molecular weight is 528 g/mol. The maximum absolute atomic E-state index is 12.3. The smallest absolute Gasteiger partial charge is 0.319 e. The van der Waals surface area contributed by atoms with Gasteiger partial charge in [-0.3, -0.25) is 9.11 Å². The van der Waals surface area contributed by atoms with E-state index in [1.807, 2.05) is 18.2 Å². The number of hydrogen-bond acceptors (Lipinski definition) is 8. The number of rotatable bonds is 7. The van der Waals surface area contributed by atoms with Crippen LogP contribution in [0.5, 0.6) is 0 Å². The first-order valence-corrected chi connectivity index (χ1v) is 14.3. The quantitative estimate of drug-likeness (QED) is 0.307. The Hall–Kier alpha value is -3.19. The van der Waals surface area contributed by atoms with E-state index in [-0.39, 0.29) is 12.1 Å². The second kappa shape index (κ2) is 10.3. The molecule has 2 amide bonds. The van der Waals surface area contributed by atoms with E-state index in [2.05, 4.69) is 32.4 Å². The van der Waals surface area contributed by atoms with Crippen LogP contribution in [0.4, 0.5) is 16.3 Å². The first-order chi connectivity index (χ1) is 17.7. The van der Waals surface area contributed by atoms with Gasteiger partial charge in [-0.1, -0.05) is 0 Å². The molecule has 1 saturated carbocycles. The number of aromatic nitrogens is 4. The standard InChI is InChI=1S/C25H33N7O4S/c1-17-16-36-13-12-32(17)22-14-20(25(8-3-9-25)37(2,34)35)30-23(31-22)18-4-6-19(7-5-18)29-24(33)28-15-21-26-10-11-27-21/h4-7,10-11,14,17,34-35H,3,8-9,12-13,15-16H2,1-2H3,(H,26,27)(H2,28,29,33)/t17-/m0/s1. The summed E-state index contributed by atoms with van der Waals surface area (Å²) >= 11 is 0. The second-order valence-electron chi connectivity index (χ2n) is 9.65. The van der Waals surface area contributed by atoms with E-state index in [4.69, 9.17) is 14.7 Å². The van der Waals surface area contributed by atoms with Gasteiger partial charge in [0, 0.05) is 42.5 Å². The number of H-pyrrole nitrogens is 1. The van der Waals surface area contributed by atoms with Gasteiger partial charge in [-0.2, -0.15) is 10.6 Å². The lowest BCUT2D eigenvalue weighted by Crippen LogP contribution is -2.45. The largest absolute Gasteiger partial charge is 0.377 e. The van der Waals surface area contributed by atoms with Crippen LogP contribution in [0, 0.1) is 0 Å². The molecule has 0 unspecified atom stereocenters. The molecule has 12 heteroatoms. The minimum absolute atomic E-state index is 0.134. The number of imidazole rings is 1. The third-order valence-electron chi connectivity index (χ3n) is 7.12. The molecule has 2 aromatic heterocycles. The van der Waals surface area contributed by atoms with Gasteiger partial charge in [-0.05, 0) is 50.5 Å². The Bertz CT molecular complexity index is 1230. The van der Waals surface area contributed by atoms with Gasteiger partial charge in [-0.25, -0.2) is 19.7 Å². The number of aromatic amines is 1. The van der Waals surface area contributed by atoms with Crippen LogP contribution < -0.4 is 15.5 Å². The number of benzene rings is 1. The number of nitrogens with zero attached hydrogens (tertiary/aromatic N) is 4. The van der Waals surface area contributed by atoms with E-state index in [1.165, 1.54) is 6.26 Å². The molecule has 5 rings (SSSR count). The summed E-state index contributed by atoms with van der Waals surface area (Å²) in [5, 5.41) is 5.56. The molecule has 0 bridgehead atoms. The predicted molar refractivity (Wildman–Crippen MR) is 144 cm³/mol. The first kappa shape index (κ1) is 25.5. The minimum Gasteiger partial charge on any atom is -0.377 e. The van der Waals surface area contributed by atoms with Crippen molar-refractivity contribution in [2.45, 2.75) is 43.5 Å². The number of ether oxygens (including phenoxy) is 1. The van der Waals surface area contributed by atoms with Crippen molar-refractivity contribution in [3.63, 3.8) is 0 Å². The molecule has 37 heavy (non-hydrogen) atoms. The van der Waals surface area contributed by atoms with Crippen LogP contribution in [0.15, 0.2) is 42.7 Å². The third-order valence-corrected chi connectivity index (χ3v) is 9.21. The first-order valence-electron chi connectivity index (χ1n) is 12.4. The molecule has 1 aliphatic carbocycles. The molecule has 1 saturated heterocycles. The summed E-state index contributed by atoms with van der Waals surface area (Å²) in [4.78, 5) is 31.2. The van der Waals surface area contributed by atoms with Crippen molar-refractivity contribution in [1.82, 2.24) is 25.3 Å². The Labute approximate surface area is 217 Å². The summed E-state index contributed by atoms with van der Waals surface area (Å²) in [6.45, 7) is 4.28. The predicted octanol–water partition coefficient (Wildman–Crippen LogP) is 4.17. The van der Waals surface area contributed by atoms with Crippen molar-refractivity contribution in [1.29, 1.82) is 0 Å². The van der Waals surface area contributed by atoms with Gasteiger partial charge in [0.25, 0.3) is 0 Å². The van der Waals surface area contributed by atoms with Crippen molar-refractivity contribution < 1.29 is 18.6 Å². The van der Waals surface area contributed by atoms with Gasteiger partial charge in [0.05, 0.1) is 31.5 Å². The lowest BCUT2D eigenvalue weighted by Gasteiger charge is -2.53. The van der Waals surface area contributed by atoms with Crippen molar-refractivity contribution in [3.8, 4) is 11.4 Å². The zero-order valence-corrected chi connectivity index (χ0v) is 21.8. The van der Waals surface area contributed by atoms with Gasteiger partial charge in [-0.15, -0.1) is 0 Å². The third kappa shape index (κ3) is 5.28. The lowest BCUT2D eigenvalue weighted by atomic mass is 9.81. The highest BCUT2D eigenvalue weighted by Crippen LogP contribution is 2.65. The summed E-state index contributed by atoms with van der Waals surface area (Å²) in [5.74, 6) is 1.93. The number of carbonyl (C=O) groups is 1. The molecule has 5 N–H and O–H groups in total. The molecule has 1 aliphatic heterocycles. The maximum Gasteiger partial charge on any atom is 0.319 e. The fraction of sp³-hybridized carbons (Fsp3) is 0.440. The van der Waals surface area contributed by atoms with Gasteiger partial charge < -0.3 is 25.3 Å². The Kier molecular flexibility index (Phi) is 7.08. The maximum atomic E-state index is 12.3. The van der Waals surface area contributed by atoms with Gasteiger partial charge in [0.15, 0.2) is 5.82 Å². The highest BCUT2D eigenvalue weighted by atomic mass is 32.3. The molecule has 3 heterocycles. The molecular weight excluding hydrogens is 494 g/mol. The van der Waals surface area contributed by atoms with Crippen LogP contribution in [-0.4, -0.2) is 67.1 Å². The van der Waals surface area contributed by atoms with E-state index in [0.29, 0.717) is 62.2 Å². The minimum atomic E-state index is -2.88. The van der Waals surface area contributed by atoms with E-state index >= 15 is 0 Å². The molecule has 11 nitrogen and oxygen atoms in total. The van der Waals surface area contributed by atoms with Crippen LogP contribution in [0.25, 0.3) is 11.4 Å². The normalized spacial score (nSPS) is 19.7. The number of hydrogen-bond donors (Lipinski definition) is 5. The fourth-order valence-electron chi connectivity index (χ4n) is 4.79. The van der Waals surface area contributed by atoms with E-state index in [0.717, 1.165) is 17.8 Å². The van der Waals surface area contributed by atoms with Crippen molar-refractivity contribution in [3.05, 3.63) is 54.2 Å². The van der Waals surface area contributed by atoms with Crippen LogP contribution in [0.3, 0.4) is 0 Å². The van der Waals surface area contributed by atoms with E-state index in [1.54, 1.807) is 24.5 Å². The molecule has 1 aromatic carbocycles. The molecule has 3 aromatic rings. The Morgan fingerprint density at radius 2 is 2.05 bits per heavy atom. The zero-order chi connectivity index (χ0) is 26.0. The molecule has 2 aliphatic rings. The Morgan fingerprint density at radius 3 is 2.68 bits per heavy atom. The molecule has 0 spiro atoms. The lowest BCUT2D eigenvalue weighted by molar-refractivity contribution is 0.0985. The summed E-state index contributed by atoms with van der Waals surface area (Å²) in [6.07, 6.45) is 7.13. The number of nitrogens with one attached hydrogen (secondary N) is 3.